The Balaban J connectivity index is 0.00000132. The fraction of sp³-hybridized carbons (Fsp3) is 0.391. The molecule has 0 saturated heterocycles. The van der Waals surface area contributed by atoms with Crippen LogP contribution in [0.3, 0.4) is 0 Å². The SMILES string of the molecule is CC.COc1cc2c(cc1Br)-c1c(c(C(=O)N(C)C(C)(C)C)nn1-c1ccsc1)CO2. The quantitative estimate of drug-likeness (QED) is 0.427. The normalized spacial score (nSPS) is 12.1. The number of halogens is 1. The van der Waals surface area contributed by atoms with E-state index in [0.29, 0.717) is 17.2 Å². The molecule has 0 aliphatic carbocycles. The predicted molar refractivity (Wildman–Crippen MR) is 129 cm³/mol. The number of benzene rings is 1. The maximum Gasteiger partial charge on any atom is 0.274 e. The Morgan fingerprint density at radius 1 is 1.32 bits per heavy atom. The van der Waals surface area contributed by atoms with Crippen LogP contribution in [0.15, 0.2) is 33.4 Å². The minimum Gasteiger partial charge on any atom is -0.495 e. The molecule has 31 heavy (non-hydrogen) atoms. The zero-order valence-electron chi connectivity index (χ0n) is 18.9. The van der Waals surface area contributed by atoms with Crippen molar-refractivity contribution in [2.24, 2.45) is 0 Å². The molecule has 0 atom stereocenters. The van der Waals surface area contributed by atoms with Gasteiger partial charge in [-0.1, -0.05) is 13.8 Å². The summed E-state index contributed by atoms with van der Waals surface area (Å²) < 4.78 is 14.1. The van der Waals surface area contributed by atoms with Crippen molar-refractivity contribution < 1.29 is 14.3 Å². The van der Waals surface area contributed by atoms with Gasteiger partial charge >= 0.3 is 0 Å². The average Bonchev–Trinajstić information content (AvgIpc) is 3.41. The fourth-order valence-electron chi connectivity index (χ4n) is 3.21. The van der Waals surface area contributed by atoms with Gasteiger partial charge in [0, 0.05) is 35.2 Å². The van der Waals surface area contributed by atoms with Gasteiger partial charge in [-0.05, 0) is 54.2 Å². The maximum absolute atomic E-state index is 13.3. The average molecular weight is 506 g/mol. The molecular weight excluding hydrogens is 478 g/mol. The summed E-state index contributed by atoms with van der Waals surface area (Å²) in [7, 11) is 3.42. The first-order valence-electron chi connectivity index (χ1n) is 10.2. The van der Waals surface area contributed by atoms with Crippen LogP contribution in [0, 0.1) is 0 Å². The minimum atomic E-state index is -0.319. The molecule has 0 N–H and O–H groups in total. The molecule has 0 unspecified atom stereocenters. The fourth-order valence-corrected chi connectivity index (χ4v) is 4.33. The van der Waals surface area contributed by atoms with Crippen molar-refractivity contribution in [2.75, 3.05) is 14.2 Å². The van der Waals surface area contributed by atoms with Gasteiger partial charge in [-0.3, -0.25) is 4.79 Å². The second-order valence-electron chi connectivity index (χ2n) is 7.88. The highest BCUT2D eigenvalue weighted by Gasteiger charge is 2.34. The molecular formula is C23H28BrN3O3S. The molecule has 3 aromatic rings. The third-order valence-corrected chi connectivity index (χ3v) is 6.42. The molecule has 166 valence electrons. The first kappa shape index (κ1) is 23.3. The van der Waals surface area contributed by atoms with Gasteiger partial charge in [-0.15, -0.1) is 0 Å². The topological polar surface area (TPSA) is 56.6 Å². The lowest BCUT2D eigenvalue weighted by atomic mass is 10.0. The largest absolute Gasteiger partial charge is 0.495 e. The summed E-state index contributed by atoms with van der Waals surface area (Å²) in [5.41, 5.74) is 3.56. The van der Waals surface area contributed by atoms with Gasteiger partial charge in [-0.2, -0.15) is 16.4 Å². The highest BCUT2D eigenvalue weighted by atomic mass is 79.9. The molecule has 1 aliphatic heterocycles. The molecule has 6 nitrogen and oxygen atoms in total. The van der Waals surface area contributed by atoms with Crippen molar-refractivity contribution in [1.29, 1.82) is 0 Å². The monoisotopic (exact) mass is 505 g/mol. The van der Waals surface area contributed by atoms with E-state index in [1.165, 1.54) is 0 Å². The number of hydrogen-bond acceptors (Lipinski definition) is 5. The lowest BCUT2D eigenvalue weighted by Gasteiger charge is -2.31. The van der Waals surface area contributed by atoms with E-state index in [4.69, 9.17) is 14.6 Å². The molecule has 0 radical (unpaired) electrons. The summed E-state index contributed by atoms with van der Waals surface area (Å²) >= 11 is 5.15. The molecule has 1 amide bonds. The Bertz CT molecular complexity index is 1080. The van der Waals surface area contributed by atoms with Crippen molar-refractivity contribution in [1.82, 2.24) is 14.7 Å². The summed E-state index contributed by atoms with van der Waals surface area (Å²) in [5, 5.41) is 8.76. The Kier molecular flexibility index (Phi) is 6.81. The van der Waals surface area contributed by atoms with Gasteiger partial charge in [0.15, 0.2) is 5.69 Å². The van der Waals surface area contributed by atoms with E-state index in [9.17, 15) is 4.79 Å². The highest BCUT2D eigenvalue weighted by Crippen LogP contribution is 2.45. The van der Waals surface area contributed by atoms with E-state index in [1.807, 2.05) is 68.3 Å². The lowest BCUT2D eigenvalue weighted by molar-refractivity contribution is 0.0646. The van der Waals surface area contributed by atoms with Crippen LogP contribution in [0.25, 0.3) is 16.9 Å². The van der Waals surface area contributed by atoms with E-state index in [0.717, 1.165) is 27.0 Å². The number of carbonyl (C=O) groups is 1. The highest BCUT2D eigenvalue weighted by molar-refractivity contribution is 9.10. The first-order valence-corrected chi connectivity index (χ1v) is 11.9. The molecule has 1 aliphatic rings. The number of nitrogens with zero attached hydrogens (tertiary/aromatic N) is 3. The summed E-state index contributed by atoms with van der Waals surface area (Å²) in [6, 6.07) is 5.81. The van der Waals surface area contributed by atoms with Gasteiger partial charge in [0.05, 0.1) is 23.0 Å². The van der Waals surface area contributed by atoms with Crippen LogP contribution in [0.2, 0.25) is 0 Å². The zero-order valence-corrected chi connectivity index (χ0v) is 21.3. The molecule has 4 rings (SSSR count). The second kappa shape index (κ2) is 9.04. The molecule has 3 heterocycles. The summed E-state index contributed by atoms with van der Waals surface area (Å²) in [6.07, 6.45) is 0. The van der Waals surface area contributed by atoms with E-state index in [1.54, 1.807) is 30.4 Å². The smallest absolute Gasteiger partial charge is 0.274 e. The molecule has 0 spiro atoms. The summed E-state index contributed by atoms with van der Waals surface area (Å²) in [5.74, 6) is 1.28. The third kappa shape index (κ3) is 4.23. The van der Waals surface area contributed by atoms with Crippen LogP contribution in [0.1, 0.15) is 50.7 Å². The van der Waals surface area contributed by atoms with Crippen LogP contribution in [-0.4, -0.2) is 40.3 Å². The number of amides is 1. The van der Waals surface area contributed by atoms with Crippen molar-refractivity contribution in [3.63, 3.8) is 0 Å². The van der Waals surface area contributed by atoms with Crippen LogP contribution in [0.5, 0.6) is 11.5 Å². The second-order valence-corrected chi connectivity index (χ2v) is 9.51. The number of aromatic nitrogens is 2. The minimum absolute atomic E-state index is 0.123. The first-order chi connectivity index (χ1) is 14.7. The summed E-state index contributed by atoms with van der Waals surface area (Å²) in [6.45, 7) is 10.3. The van der Waals surface area contributed by atoms with Gasteiger partial charge in [-0.25, -0.2) is 4.68 Å². The van der Waals surface area contributed by atoms with Crippen molar-refractivity contribution in [2.45, 2.75) is 46.8 Å². The van der Waals surface area contributed by atoms with Crippen molar-refractivity contribution in [3.05, 3.63) is 44.7 Å². The Hall–Kier alpha value is -2.32. The lowest BCUT2D eigenvalue weighted by Crippen LogP contribution is -2.43. The van der Waals surface area contributed by atoms with Gasteiger partial charge in [0.25, 0.3) is 5.91 Å². The molecule has 2 aromatic heterocycles. The van der Waals surface area contributed by atoms with Gasteiger partial charge in [0.2, 0.25) is 0 Å². The number of ether oxygens (including phenoxy) is 2. The summed E-state index contributed by atoms with van der Waals surface area (Å²) in [4.78, 5) is 15.0. The van der Waals surface area contributed by atoms with Crippen molar-refractivity contribution in [3.8, 4) is 28.4 Å². The number of methoxy groups -OCH3 is 1. The van der Waals surface area contributed by atoms with Crippen LogP contribution in [-0.2, 0) is 6.61 Å². The van der Waals surface area contributed by atoms with Crippen LogP contribution >= 0.6 is 27.3 Å². The number of thiophene rings is 1. The van der Waals surface area contributed by atoms with E-state index < -0.39 is 0 Å². The Morgan fingerprint density at radius 3 is 2.61 bits per heavy atom. The Morgan fingerprint density at radius 2 is 2.03 bits per heavy atom. The van der Waals surface area contributed by atoms with Gasteiger partial charge < -0.3 is 14.4 Å². The zero-order chi connectivity index (χ0) is 22.9. The number of hydrogen-bond donors (Lipinski definition) is 0. The maximum atomic E-state index is 13.3. The van der Waals surface area contributed by atoms with Crippen LogP contribution < -0.4 is 9.47 Å². The molecule has 0 fully saturated rings. The molecule has 1 aromatic carbocycles. The predicted octanol–water partition coefficient (Wildman–Crippen LogP) is 6.16. The molecule has 0 bridgehead atoms. The Labute approximate surface area is 195 Å². The standard InChI is InChI=1S/C21H22BrN3O3S.C2H6/c1-21(2,3)24(4)20(26)18-14-10-28-16-9-17(27-5)15(22)8-13(16)19(14)25(23-18)12-6-7-29-11-12;1-2/h6-9,11H,10H2,1-5H3;1-2H3. The number of fused-ring (bicyclic) bond motifs is 3. The van der Waals surface area contributed by atoms with Crippen molar-refractivity contribution >= 4 is 33.2 Å². The molecule has 8 heteroatoms. The third-order valence-electron chi connectivity index (χ3n) is 5.13. The number of carbonyl (C=O) groups excluding carboxylic acids is 1. The van der Waals surface area contributed by atoms with Gasteiger partial charge in [0.1, 0.15) is 18.1 Å². The molecule has 0 saturated carbocycles. The van der Waals surface area contributed by atoms with E-state index in [-0.39, 0.29) is 18.1 Å². The number of rotatable bonds is 3. The van der Waals surface area contributed by atoms with E-state index >= 15 is 0 Å². The van der Waals surface area contributed by atoms with Crippen LogP contribution in [0.4, 0.5) is 0 Å². The van der Waals surface area contributed by atoms with E-state index in [2.05, 4.69) is 15.9 Å².